The third kappa shape index (κ3) is 2.37. The minimum Gasteiger partial charge on any atom is -0.480 e. The smallest absolute Gasteiger partial charge is 0.327 e. The molecule has 21 heavy (non-hydrogen) atoms. The zero-order chi connectivity index (χ0) is 15.0. The van der Waals surface area contributed by atoms with Crippen molar-refractivity contribution in [3.05, 3.63) is 36.3 Å². The number of hydrogen-bond donors (Lipinski definition) is 1. The fourth-order valence-electron chi connectivity index (χ4n) is 2.51. The standard InChI is InChI=1S/C14H15N3O3S/c1-2-12-17(10(8-21-12)14(19)20)13(18)9-7-16-6-4-3-5-11(16)15-9/h3-7,10,12H,2,8H2,1H3,(H,19,20). The third-order valence-electron chi connectivity index (χ3n) is 3.54. The van der Waals surface area contributed by atoms with Gasteiger partial charge in [-0.05, 0) is 18.6 Å². The lowest BCUT2D eigenvalue weighted by molar-refractivity contribution is -0.141. The van der Waals surface area contributed by atoms with Gasteiger partial charge < -0.3 is 14.4 Å². The predicted molar refractivity (Wildman–Crippen MR) is 79.3 cm³/mol. The molecule has 1 fully saturated rings. The first-order valence-corrected chi connectivity index (χ1v) is 7.77. The highest BCUT2D eigenvalue weighted by Gasteiger charge is 2.41. The molecule has 3 heterocycles. The summed E-state index contributed by atoms with van der Waals surface area (Å²) in [6, 6.07) is 4.72. The molecule has 2 atom stereocenters. The van der Waals surface area contributed by atoms with Gasteiger partial charge in [-0.1, -0.05) is 13.0 Å². The van der Waals surface area contributed by atoms with E-state index in [1.165, 1.54) is 16.7 Å². The Morgan fingerprint density at radius 3 is 2.95 bits per heavy atom. The quantitative estimate of drug-likeness (QED) is 0.934. The van der Waals surface area contributed by atoms with Crippen molar-refractivity contribution in [1.29, 1.82) is 0 Å². The van der Waals surface area contributed by atoms with E-state index in [1.54, 1.807) is 10.6 Å². The maximum atomic E-state index is 12.7. The molecule has 1 amide bonds. The maximum absolute atomic E-state index is 12.7. The normalized spacial score (nSPS) is 21.9. The third-order valence-corrected chi connectivity index (χ3v) is 5.00. The Balaban J connectivity index is 1.96. The van der Waals surface area contributed by atoms with Gasteiger partial charge in [0.05, 0.1) is 5.37 Å². The van der Waals surface area contributed by atoms with Crippen LogP contribution in [-0.4, -0.2) is 48.4 Å². The number of carbonyl (C=O) groups is 2. The van der Waals surface area contributed by atoms with E-state index in [-0.39, 0.29) is 17.0 Å². The second kappa shape index (κ2) is 5.40. The number of imidazole rings is 1. The van der Waals surface area contributed by atoms with Crippen LogP contribution in [0.5, 0.6) is 0 Å². The summed E-state index contributed by atoms with van der Waals surface area (Å²) in [5.41, 5.74) is 0.959. The van der Waals surface area contributed by atoms with Crippen LogP contribution in [0.25, 0.3) is 5.65 Å². The molecule has 1 aliphatic heterocycles. The molecule has 0 saturated carbocycles. The Morgan fingerprint density at radius 1 is 1.48 bits per heavy atom. The number of aromatic nitrogens is 2. The summed E-state index contributed by atoms with van der Waals surface area (Å²) in [5, 5.41) is 9.19. The van der Waals surface area contributed by atoms with Gasteiger partial charge in [0.15, 0.2) is 0 Å². The number of pyridine rings is 1. The van der Waals surface area contributed by atoms with Crippen molar-refractivity contribution in [2.75, 3.05) is 5.75 Å². The van der Waals surface area contributed by atoms with Gasteiger partial charge in [0.1, 0.15) is 17.4 Å². The maximum Gasteiger partial charge on any atom is 0.327 e. The number of amides is 1. The summed E-state index contributed by atoms with van der Waals surface area (Å²) in [4.78, 5) is 29.8. The van der Waals surface area contributed by atoms with E-state index in [2.05, 4.69) is 4.98 Å². The molecule has 2 aromatic rings. The highest BCUT2D eigenvalue weighted by molar-refractivity contribution is 8.00. The van der Waals surface area contributed by atoms with Gasteiger partial charge in [-0.2, -0.15) is 0 Å². The van der Waals surface area contributed by atoms with Gasteiger partial charge in [0, 0.05) is 18.1 Å². The topological polar surface area (TPSA) is 74.9 Å². The van der Waals surface area contributed by atoms with Gasteiger partial charge >= 0.3 is 5.97 Å². The fraction of sp³-hybridized carbons (Fsp3) is 0.357. The van der Waals surface area contributed by atoms with Crippen molar-refractivity contribution in [3.8, 4) is 0 Å². The average Bonchev–Trinajstić information content (AvgIpc) is 3.09. The Kier molecular flexibility index (Phi) is 3.59. The molecular weight excluding hydrogens is 290 g/mol. The van der Waals surface area contributed by atoms with E-state index in [0.29, 0.717) is 17.8 Å². The highest BCUT2D eigenvalue weighted by atomic mass is 32.2. The molecule has 1 N–H and O–H groups in total. The minimum atomic E-state index is -0.962. The van der Waals surface area contributed by atoms with E-state index in [9.17, 15) is 14.7 Å². The second-order valence-electron chi connectivity index (χ2n) is 4.85. The predicted octanol–water partition coefficient (Wildman–Crippen LogP) is 1.71. The zero-order valence-electron chi connectivity index (χ0n) is 11.5. The lowest BCUT2D eigenvalue weighted by atomic mass is 10.2. The molecule has 110 valence electrons. The summed E-state index contributed by atoms with van der Waals surface area (Å²) in [6.45, 7) is 1.95. The molecule has 2 aromatic heterocycles. The summed E-state index contributed by atoms with van der Waals surface area (Å²) < 4.78 is 1.76. The Labute approximate surface area is 125 Å². The SMILES string of the molecule is CCC1SCC(C(=O)O)N1C(=O)c1cn2ccccc2n1. The molecule has 0 spiro atoms. The molecule has 1 saturated heterocycles. The van der Waals surface area contributed by atoms with Crippen molar-refractivity contribution in [2.45, 2.75) is 24.8 Å². The second-order valence-corrected chi connectivity index (χ2v) is 6.07. The number of carboxylic acids is 1. The summed E-state index contributed by atoms with van der Waals surface area (Å²) in [6.07, 6.45) is 4.17. The van der Waals surface area contributed by atoms with E-state index in [0.717, 1.165) is 0 Å². The van der Waals surface area contributed by atoms with Crippen LogP contribution in [0.2, 0.25) is 0 Å². The van der Waals surface area contributed by atoms with Gasteiger partial charge in [0.25, 0.3) is 5.91 Å². The van der Waals surface area contributed by atoms with Gasteiger partial charge in [0.2, 0.25) is 0 Å². The van der Waals surface area contributed by atoms with Crippen molar-refractivity contribution >= 4 is 29.3 Å². The summed E-state index contributed by atoms with van der Waals surface area (Å²) >= 11 is 1.51. The molecule has 0 bridgehead atoms. The monoisotopic (exact) mass is 305 g/mol. The van der Waals surface area contributed by atoms with Crippen molar-refractivity contribution in [1.82, 2.24) is 14.3 Å². The number of nitrogens with zero attached hydrogens (tertiary/aromatic N) is 3. The first-order valence-electron chi connectivity index (χ1n) is 6.72. The fourth-order valence-corrected chi connectivity index (χ4v) is 3.86. The summed E-state index contributed by atoms with van der Waals surface area (Å²) in [7, 11) is 0. The van der Waals surface area contributed by atoms with Crippen LogP contribution in [-0.2, 0) is 4.79 Å². The van der Waals surface area contributed by atoms with E-state index in [1.807, 2.05) is 31.3 Å². The lowest BCUT2D eigenvalue weighted by Gasteiger charge is -2.25. The van der Waals surface area contributed by atoms with Gasteiger partial charge in [-0.15, -0.1) is 11.8 Å². The van der Waals surface area contributed by atoms with E-state index >= 15 is 0 Å². The van der Waals surface area contributed by atoms with Gasteiger partial charge in [-0.3, -0.25) is 4.79 Å². The number of hydrogen-bond acceptors (Lipinski definition) is 4. The molecule has 1 aliphatic rings. The first kappa shape index (κ1) is 13.9. The number of carbonyl (C=O) groups excluding carboxylic acids is 1. The number of rotatable bonds is 3. The first-order chi connectivity index (χ1) is 10.1. The molecule has 7 heteroatoms. The lowest BCUT2D eigenvalue weighted by Crippen LogP contribution is -2.45. The molecular formula is C14H15N3O3S. The molecule has 0 aliphatic carbocycles. The number of carboxylic acid groups (broad SMARTS) is 1. The number of thioether (sulfide) groups is 1. The Morgan fingerprint density at radius 2 is 2.29 bits per heavy atom. The van der Waals surface area contributed by atoms with Crippen LogP contribution in [0.3, 0.4) is 0 Å². The zero-order valence-corrected chi connectivity index (χ0v) is 12.3. The van der Waals surface area contributed by atoms with Crippen LogP contribution in [0, 0.1) is 0 Å². The molecule has 0 aromatic carbocycles. The largest absolute Gasteiger partial charge is 0.480 e. The van der Waals surface area contributed by atoms with Crippen LogP contribution in [0.4, 0.5) is 0 Å². The Hall–Kier alpha value is -2.02. The molecule has 6 nitrogen and oxygen atoms in total. The van der Waals surface area contributed by atoms with Crippen LogP contribution >= 0.6 is 11.8 Å². The molecule has 0 radical (unpaired) electrons. The van der Waals surface area contributed by atoms with E-state index < -0.39 is 12.0 Å². The molecule has 3 rings (SSSR count). The van der Waals surface area contributed by atoms with Crippen molar-refractivity contribution < 1.29 is 14.7 Å². The highest BCUT2D eigenvalue weighted by Crippen LogP contribution is 2.32. The van der Waals surface area contributed by atoms with Crippen molar-refractivity contribution in [3.63, 3.8) is 0 Å². The van der Waals surface area contributed by atoms with Crippen molar-refractivity contribution in [2.24, 2.45) is 0 Å². The van der Waals surface area contributed by atoms with Crippen LogP contribution in [0.1, 0.15) is 23.8 Å². The summed E-state index contributed by atoms with van der Waals surface area (Å²) in [5.74, 6) is -0.856. The number of aliphatic carboxylic acids is 1. The Bertz CT molecular complexity index is 667. The van der Waals surface area contributed by atoms with Crippen LogP contribution < -0.4 is 0 Å². The van der Waals surface area contributed by atoms with Gasteiger partial charge in [-0.25, -0.2) is 9.78 Å². The van der Waals surface area contributed by atoms with Crippen LogP contribution in [0.15, 0.2) is 30.6 Å². The van der Waals surface area contributed by atoms with E-state index in [4.69, 9.17) is 0 Å². The molecule has 2 unspecified atom stereocenters. The number of fused-ring (bicyclic) bond motifs is 1. The minimum absolute atomic E-state index is 0.108. The average molecular weight is 305 g/mol.